The standard InChI is InChI=1S/C15H8N2OS2/c18-10-3-1-9(2-4-10)16-17-13-11-5-7-19-14(11)15-12(13)6-8-20-15/h1-8H. The number of rotatable bonds is 1. The summed E-state index contributed by atoms with van der Waals surface area (Å²) in [7, 11) is 0. The summed E-state index contributed by atoms with van der Waals surface area (Å²) < 4.78 is 0. The molecule has 0 spiro atoms. The molecule has 0 amide bonds. The monoisotopic (exact) mass is 296 g/mol. The van der Waals surface area contributed by atoms with Crippen molar-refractivity contribution in [3.63, 3.8) is 0 Å². The molecule has 0 aliphatic heterocycles. The number of carbonyl (C=O) groups excluding carboxylic acids is 1. The third-order valence-corrected chi connectivity index (χ3v) is 5.14. The van der Waals surface area contributed by atoms with Crippen LogP contribution >= 0.6 is 22.7 Å². The molecule has 0 fully saturated rings. The van der Waals surface area contributed by atoms with E-state index in [0.717, 1.165) is 16.8 Å². The van der Waals surface area contributed by atoms with Crippen LogP contribution in [0.3, 0.4) is 0 Å². The van der Waals surface area contributed by atoms with Crippen LogP contribution in [0, 0.1) is 0 Å². The zero-order valence-electron chi connectivity index (χ0n) is 10.2. The summed E-state index contributed by atoms with van der Waals surface area (Å²) in [4.78, 5) is 13.6. The molecule has 2 aromatic rings. The van der Waals surface area contributed by atoms with E-state index in [2.05, 4.69) is 33.1 Å². The normalized spacial score (nSPS) is 15.5. The summed E-state index contributed by atoms with van der Waals surface area (Å²) in [6.45, 7) is 0. The molecule has 0 N–H and O–H groups in total. The van der Waals surface area contributed by atoms with Crippen LogP contribution in [0.4, 0.5) is 0 Å². The number of ketones is 1. The molecule has 2 aromatic heterocycles. The number of fused-ring (bicyclic) bond motifs is 3. The zero-order valence-corrected chi connectivity index (χ0v) is 11.9. The van der Waals surface area contributed by atoms with Gasteiger partial charge >= 0.3 is 0 Å². The van der Waals surface area contributed by atoms with E-state index in [1.165, 1.54) is 21.9 Å². The Bertz CT molecular complexity index is 773. The first kappa shape index (κ1) is 11.7. The molecular weight excluding hydrogens is 288 g/mol. The van der Waals surface area contributed by atoms with Gasteiger partial charge in [0.1, 0.15) is 5.71 Å². The molecule has 4 rings (SSSR count). The van der Waals surface area contributed by atoms with E-state index in [4.69, 9.17) is 0 Å². The third kappa shape index (κ3) is 1.75. The van der Waals surface area contributed by atoms with Gasteiger partial charge in [0, 0.05) is 11.1 Å². The minimum absolute atomic E-state index is 0.0160. The molecular formula is C15H8N2OS2. The van der Waals surface area contributed by atoms with E-state index in [1.807, 2.05) is 0 Å². The number of allylic oxidation sites excluding steroid dienone is 4. The van der Waals surface area contributed by atoms with E-state index in [9.17, 15) is 4.79 Å². The van der Waals surface area contributed by atoms with Crippen molar-refractivity contribution >= 4 is 39.9 Å². The average Bonchev–Trinajstić information content (AvgIpc) is 3.12. The number of nitrogens with zero attached hydrogens (tertiary/aromatic N) is 2. The van der Waals surface area contributed by atoms with Gasteiger partial charge in [-0.3, -0.25) is 4.79 Å². The van der Waals surface area contributed by atoms with Gasteiger partial charge in [-0.25, -0.2) is 0 Å². The molecule has 2 aliphatic carbocycles. The van der Waals surface area contributed by atoms with Gasteiger partial charge < -0.3 is 0 Å². The highest BCUT2D eigenvalue weighted by molar-refractivity contribution is 7.21. The van der Waals surface area contributed by atoms with Gasteiger partial charge in [-0.1, -0.05) is 0 Å². The Morgan fingerprint density at radius 1 is 0.800 bits per heavy atom. The average molecular weight is 296 g/mol. The fraction of sp³-hybridized carbons (Fsp3) is 0. The maximum absolute atomic E-state index is 11.1. The summed E-state index contributed by atoms with van der Waals surface area (Å²) in [5.41, 5.74) is 3.92. The van der Waals surface area contributed by atoms with E-state index in [0.29, 0.717) is 5.71 Å². The molecule has 0 bridgehead atoms. The van der Waals surface area contributed by atoms with Crippen LogP contribution in [0.25, 0.3) is 9.75 Å². The van der Waals surface area contributed by atoms with Crippen molar-refractivity contribution in [1.29, 1.82) is 0 Å². The number of hydrogen-bond acceptors (Lipinski definition) is 5. The maximum atomic E-state index is 11.1. The largest absolute Gasteiger partial charge is 0.290 e. The lowest BCUT2D eigenvalue weighted by molar-refractivity contribution is -0.110. The Hall–Kier alpha value is -2.11. The van der Waals surface area contributed by atoms with Crippen LogP contribution in [-0.2, 0) is 4.79 Å². The van der Waals surface area contributed by atoms with E-state index < -0.39 is 0 Å². The molecule has 96 valence electrons. The highest BCUT2D eigenvalue weighted by Gasteiger charge is 2.27. The topological polar surface area (TPSA) is 41.8 Å². The molecule has 0 aromatic carbocycles. The van der Waals surface area contributed by atoms with Gasteiger partial charge in [0.15, 0.2) is 5.78 Å². The van der Waals surface area contributed by atoms with Gasteiger partial charge in [-0.2, -0.15) is 5.10 Å². The molecule has 2 aliphatic rings. The SMILES string of the molecule is O=C1C=CC(=NN=C2c3ccsc3-c3sccc32)C=C1. The van der Waals surface area contributed by atoms with Crippen molar-refractivity contribution in [1.82, 2.24) is 0 Å². The molecule has 20 heavy (non-hydrogen) atoms. The zero-order chi connectivity index (χ0) is 13.5. The molecule has 0 saturated carbocycles. The highest BCUT2D eigenvalue weighted by Crippen LogP contribution is 2.43. The second-order valence-electron chi connectivity index (χ2n) is 4.37. The Morgan fingerprint density at radius 3 is 2.00 bits per heavy atom. The number of thiophene rings is 2. The molecule has 5 heteroatoms. The third-order valence-electron chi connectivity index (χ3n) is 3.15. The van der Waals surface area contributed by atoms with Crippen molar-refractivity contribution in [2.45, 2.75) is 0 Å². The van der Waals surface area contributed by atoms with Crippen molar-refractivity contribution in [2.75, 3.05) is 0 Å². The lowest BCUT2D eigenvalue weighted by atomic mass is 10.1. The maximum Gasteiger partial charge on any atom is 0.178 e. The van der Waals surface area contributed by atoms with Crippen molar-refractivity contribution < 1.29 is 4.79 Å². The fourth-order valence-corrected chi connectivity index (χ4v) is 4.20. The smallest absolute Gasteiger partial charge is 0.178 e. The Balaban J connectivity index is 1.79. The minimum atomic E-state index is -0.0160. The Labute approximate surface area is 123 Å². The van der Waals surface area contributed by atoms with Crippen LogP contribution in [0.1, 0.15) is 11.1 Å². The first-order valence-electron chi connectivity index (χ1n) is 6.05. The molecule has 0 saturated heterocycles. The lowest BCUT2D eigenvalue weighted by Gasteiger charge is -1.97. The van der Waals surface area contributed by atoms with Crippen LogP contribution in [0.15, 0.2) is 57.4 Å². The summed E-state index contributed by atoms with van der Waals surface area (Å²) in [6.07, 6.45) is 6.37. The molecule has 3 nitrogen and oxygen atoms in total. The fourth-order valence-electron chi connectivity index (χ4n) is 2.22. The first-order valence-corrected chi connectivity index (χ1v) is 7.81. The molecule has 0 atom stereocenters. The minimum Gasteiger partial charge on any atom is -0.290 e. The predicted molar refractivity (Wildman–Crippen MR) is 84.0 cm³/mol. The van der Waals surface area contributed by atoms with Crippen LogP contribution < -0.4 is 0 Å². The van der Waals surface area contributed by atoms with Crippen LogP contribution in [0.2, 0.25) is 0 Å². The number of carbonyl (C=O) groups is 1. The first-order chi connectivity index (χ1) is 9.83. The predicted octanol–water partition coefficient (Wildman–Crippen LogP) is 3.68. The van der Waals surface area contributed by atoms with Gasteiger partial charge in [0.05, 0.1) is 15.5 Å². The summed E-state index contributed by atoms with van der Waals surface area (Å²) >= 11 is 3.47. The van der Waals surface area contributed by atoms with E-state index >= 15 is 0 Å². The van der Waals surface area contributed by atoms with Gasteiger partial charge in [0.2, 0.25) is 0 Å². The van der Waals surface area contributed by atoms with Crippen molar-refractivity contribution in [3.05, 3.63) is 58.3 Å². The van der Waals surface area contributed by atoms with Crippen molar-refractivity contribution in [3.8, 4) is 9.75 Å². The van der Waals surface area contributed by atoms with Crippen LogP contribution in [-0.4, -0.2) is 17.2 Å². The van der Waals surface area contributed by atoms with Crippen molar-refractivity contribution in [2.24, 2.45) is 10.2 Å². The number of hydrogen-bond donors (Lipinski definition) is 0. The second kappa shape index (κ2) is 4.47. The Morgan fingerprint density at radius 2 is 1.40 bits per heavy atom. The van der Waals surface area contributed by atoms with E-state index in [1.54, 1.807) is 34.8 Å². The lowest BCUT2D eigenvalue weighted by Crippen LogP contribution is -2.00. The summed E-state index contributed by atoms with van der Waals surface area (Å²) in [5, 5.41) is 12.8. The van der Waals surface area contributed by atoms with Gasteiger partial charge in [-0.15, -0.1) is 27.8 Å². The van der Waals surface area contributed by atoms with Gasteiger partial charge in [-0.05, 0) is 47.2 Å². The quantitative estimate of drug-likeness (QED) is 0.499. The Kier molecular flexibility index (Phi) is 2.61. The molecule has 0 unspecified atom stereocenters. The summed E-state index contributed by atoms with van der Waals surface area (Å²) in [6, 6.07) is 4.17. The molecule has 0 radical (unpaired) electrons. The van der Waals surface area contributed by atoms with Gasteiger partial charge in [0.25, 0.3) is 0 Å². The summed E-state index contributed by atoms with van der Waals surface area (Å²) in [5.74, 6) is -0.0160. The highest BCUT2D eigenvalue weighted by atomic mass is 32.1. The van der Waals surface area contributed by atoms with Crippen LogP contribution in [0.5, 0.6) is 0 Å². The van der Waals surface area contributed by atoms with E-state index in [-0.39, 0.29) is 5.78 Å². The molecule has 2 heterocycles. The second-order valence-corrected chi connectivity index (χ2v) is 6.20.